The van der Waals surface area contributed by atoms with Crippen LogP contribution in [0.15, 0.2) is 24.3 Å². The number of nitrogens with one attached hydrogen (secondary N) is 1. The van der Waals surface area contributed by atoms with Crippen LogP contribution >= 0.6 is 11.3 Å². The Morgan fingerprint density at radius 3 is 2.84 bits per heavy atom. The number of carbonyl (C=O) groups excluding carboxylic acids is 1. The van der Waals surface area contributed by atoms with Crippen LogP contribution in [0.2, 0.25) is 0 Å². The van der Waals surface area contributed by atoms with Gasteiger partial charge in [-0.05, 0) is 19.1 Å². The van der Waals surface area contributed by atoms with Crippen LogP contribution in [0.1, 0.15) is 18.9 Å². The van der Waals surface area contributed by atoms with Gasteiger partial charge < -0.3 is 11.1 Å². The summed E-state index contributed by atoms with van der Waals surface area (Å²) in [4.78, 5) is 16.3. The van der Waals surface area contributed by atoms with Gasteiger partial charge in [0.25, 0.3) is 0 Å². The van der Waals surface area contributed by atoms with Gasteiger partial charge in [0.1, 0.15) is 0 Å². The van der Waals surface area contributed by atoms with E-state index in [0.717, 1.165) is 16.9 Å². The third-order valence-electron chi connectivity index (χ3n) is 3.18. The van der Waals surface area contributed by atoms with Gasteiger partial charge in [0, 0.05) is 24.9 Å². The molecule has 2 aromatic rings. The van der Waals surface area contributed by atoms with Crippen molar-refractivity contribution >= 4 is 27.5 Å². The molecule has 0 bridgehead atoms. The van der Waals surface area contributed by atoms with Crippen molar-refractivity contribution in [2.75, 3.05) is 6.54 Å². The second-order valence-corrected chi connectivity index (χ2v) is 5.88. The average Bonchev–Trinajstić information content (AvgIpc) is 2.80. The number of rotatable bonds is 5. The fraction of sp³-hybridized carbons (Fsp3) is 0.429. The highest BCUT2D eigenvalue weighted by Crippen LogP contribution is 2.21. The van der Waals surface area contributed by atoms with Gasteiger partial charge in [0.15, 0.2) is 0 Å². The van der Waals surface area contributed by atoms with Gasteiger partial charge in [0.2, 0.25) is 5.91 Å². The standard InChI is InChI=1S/C14H19N3OS/c1-9(10(2)15)14(18)16-8-7-13-17-11-5-3-4-6-12(11)19-13/h3-6,9-10H,7-8,15H2,1-2H3,(H,16,18). The number of nitrogens with two attached hydrogens (primary N) is 1. The van der Waals surface area contributed by atoms with Gasteiger partial charge in [0.05, 0.1) is 15.2 Å². The minimum atomic E-state index is -0.157. The number of benzene rings is 1. The van der Waals surface area contributed by atoms with Crippen LogP contribution in [-0.2, 0) is 11.2 Å². The van der Waals surface area contributed by atoms with Gasteiger partial charge in [-0.1, -0.05) is 19.1 Å². The lowest BCUT2D eigenvalue weighted by Crippen LogP contribution is -2.39. The van der Waals surface area contributed by atoms with Crippen LogP contribution in [0.3, 0.4) is 0 Å². The first-order chi connectivity index (χ1) is 9.08. The van der Waals surface area contributed by atoms with Crippen LogP contribution < -0.4 is 11.1 Å². The molecule has 19 heavy (non-hydrogen) atoms. The summed E-state index contributed by atoms with van der Waals surface area (Å²) in [5.41, 5.74) is 6.73. The van der Waals surface area contributed by atoms with E-state index < -0.39 is 0 Å². The first kappa shape index (κ1) is 14.0. The zero-order valence-corrected chi connectivity index (χ0v) is 12.0. The molecule has 2 rings (SSSR count). The topological polar surface area (TPSA) is 68.0 Å². The molecule has 0 aliphatic carbocycles. The molecule has 0 fully saturated rings. The largest absolute Gasteiger partial charge is 0.355 e. The van der Waals surface area contributed by atoms with E-state index in [1.54, 1.807) is 11.3 Å². The van der Waals surface area contributed by atoms with Gasteiger partial charge in [-0.25, -0.2) is 4.98 Å². The number of aromatic nitrogens is 1. The van der Waals surface area contributed by atoms with Gasteiger partial charge in [-0.3, -0.25) is 4.79 Å². The highest BCUT2D eigenvalue weighted by molar-refractivity contribution is 7.18. The lowest BCUT2D eigenvalue weighted by Gasteiger charge is -2.14. The fourth-order valence-corrected chi connectivity index (χ4v) is 2.69. The molecule has 4 nitrogen and oxygen atoms in total. The van der Waals surface area contributed by atoms with Gasteiger partial charge >= 0.3 is 0 Å². The SMILES string of the molecule is CC(N)C(C)C(=O)NCCc1nc2ccccc2s1. The molecule has 0 saturated carbocycles. The summed E-state index contributed by atoms with van der Waals surface area (Å²) in [6.45, 7) is 4.30. The highest BCUT2D eigenvalue weighted by atomic mass is 32.1. The van der Waals surface area contributed by atoms with Crippen molar-refractivity contribution in [3.63, 3.8) is 0 Å². The molecule has 0 aliphatic heterocycles. The molecule has 2 atom stereocenters. The molecule has 3 N–H and O–H groups in total. The second kappa shape index (κ2) is 6.12. The number of amides is 1. The lowest BCUT2D eigenvalue weighted by molar-refractivity contribution is -0.124. The molecule has 0 spiro atoms. The van der Waals surface area contributed by atoms with E-state index >= 15 is 0 Å². The first-order valence-electron chi connectivity index (χ1n) is 6.45. The molecule has 1 aromatic heterocycles. The number of nitrogens with zero attached hydrogens (tertiary/aromatic N) is 1. The molecular weight excluding hydrogens is 258 g/mol. The van der Waals surface area contributed by atoms with Crippen LogP contribution in [0.5, 0.6) is 0 Å². The van der Waals surface area contributed by atoms with Crippen LogP contribution in [0.4, 0.5) is 0 Å². The zero-order chi connectivity index (χ0) is 13.8. The average molecular weight is 277 g/mol. The van der Waals surface area contributed by atoms with E-state index in [0.29, 0.717) is 6.54 Å². The van der Waals surface area contributed by atoms with E-state index in [2.05, 4.69) is 16.4 Å². The summed E-state index contributed by atoms with van der Waals surface area (Å²) in [5.74, 6) is -0.147. The lowest BCUT2D eigenvalue weighted by atomic mass is 10.0. The molecule has 0 saturated heterocycles. The molecule has 1 heterocycles. The smallest absolute Gasteiger partial charge is 0.224 e. The Kier molecular flexibility index (Phi) is 4.50. The van der Waals surface area contributed by atoms with Crippen molar-refractivity contribution in [1.82, 2.24) is 10.3 Å². The van der Waals surface area contributed by atoms with Crippen molar-refractivity contribution in [3.05, 3.63) is 29.3 Å². The summed E-state index contributed by atoms with van der Waals surface area (Å²) in [6, 6.07) is 7.94. The van der Waals surface area contributed by atoms with E-state index in [9.17, 15) is 4.79 Å². The van der Waals surface area contributed by atoms with Crippen LogP contribution in [0, 0.1) is 5.92 Å². The maximum atomic E-state index is 11.7. The molecule has 0 radical (unpaired) electrons. The molecule has 2 unspecified atom stereocenters. The molecular formula is C14H19N3OS. The summed E-state index contributed by atoms with van der Waals surface area (Å²) in [5, 5.41) is 3.96. The summed E-state index contributed by atoms with van der Waals surface area (Å²) in [6.07, 6.45) is 0.761. The number of thiazole rings is 1. The summed E-state index contributed by atoms with van der Waals surface area (Å²) >= 11 is 1.68. The van der Waals surface area contributed by atoms with Crippen molar-refractivity contribution in [1.29, 1.82) is 0 Å². The van der Waals surface area contributed by atoms with Crippen LogP contribution in [0.25, 0.3) is 10.2 Å². The highest BCUT2D eigenvalue weighted by Gasteiger charge is 2.16. The Balaban J connectivity index is 1.87. The molecule has 0 aliphatic rings. The first-order valence-corrected chi connectivity index (χ1v) is 7.27. The molecule has 1 amide bonds. The van der Waals surface area contributed by atoms with Crippen molar-refractivity contribution in [2.45, 2.75) is 26.3 Å². The third-order valence-corrected chi connectivity index (χ3v) is 4.27. The Morgan fingerprint density at radius 1 is 1.42 bits per heavy atom. The number of fused-ring (bicyclic) bond motifs is 1. The maximum absolute atomic E-state index is 11.7. The van der Waals surface area contributed by atoms with Crippen molar-refractivity contribution < 1.29 is 4.79 Å². The van der Waals surface area contributed by atoms with Crippen molar-refractivity contribution in [2.24, 2.45) is 11.7 Å². The number of hydrogen-bond acceptors (Lipinski definition) is 4. The van der Waals surface area contributed by atoms with E-state index in [1.165, 1.54) is 4.70 Å². The van der Waals surface area contributed by atoms with E-state index in [1.807, 2.05) is 32.0 Å². The Bertz CT molecular complexity index is 532. The monoisotopic (exact) mass is 277 g/mol. The second-order valence-electron chi connectivity index (χ2n) is 4.76. The minimum absolute atomic E-state index is 0.0103. The Labute approximate surface area is 117 Å². The number of carbonyl (C=O) groups is 1. The van der Waals surface area contributed by atoms with Crippen LogP contribution in [-0.4, -0.2) is 23.5 Å². The zero-order valence-electron chi connectivity index (χ0n) is 11.2. The predicted molar refractivity (Wildman–Crippen MR) is 79.1 cm³/mol. The quantitative estimate of drug-likeness (QED) is 0.877. The number of para-hydroxylation sites is 1. The Hall–Kier alpha value is -1.46. The summed E-state index contributed by atoms with van der Waals surface area (Å²) < 4.78 is 1.19. The van der Waals surface area contributed by atoms with E-state index in [-0.39, 0.29) is 17.9 Å². The summed E-state index contributed by atoms with van der Waals surface area (Å²) in [7, 11) is 0. The molecule has 102 valence electrons. The predicted octanol–water partition coefficient (Wildman–Crippen LogP) is 1.94. The minimum Gasteiger partial charge on any atom is -0.355 e. The fourth-order valence-electron chi connectivity index (χ4n) is 1.72. The Morgan fingerprint density at radius 2 is 2.16 bits per heavy atom. The molecule has 5 heteroatoms. The van der Waals surface area contributed by atoms with Crippen molar-refractivity contribution in [3.8, 4) is 0 Å². The molecule has 1 aromatic carbocycles. The van der Waals surface area contributed by atoms with Gasteiger partial charge in [-0.15, -0.1) is 11.3 Å². The maximum Gasteiger partial charge on any atom is 0.224 e. The third kappa shape index (κ3) is 3.52. The van der Waals surface area contributed by atoms with E-state index in [4.69, 9.17) is 5.73 Å². The normalized spacial score (nSPS) is 14.3. The van der Waals surface area contributed by atoms with Gasteiger partial charge in [-0.2, -0.15) is 0 Å². The number of hydrogen-bond donors (Lipinski definition) is 2.